The Labute approximate surface area is 124 Å². The zero-order chi connectivity index (χ0) is 15.2. The Morgan fingerprint density at radius 2 is 2.05 bits per heavy atom. The van der Waals surface area contributed by atoms with E-state index in [1.165, 1.54) is 7.11 Å². The average molecular weight is 291 g/mol. The summed E-state index contributed by atoms with van der Waals surface area (Å²) >= 11 is 0. The minimum Gasteiger partial charge on any atom is -0.493 e. The van der Waals surface area contributed by atoms with Crippen LogP contribution in [0.25, 0.3) is 0 Å². The summed E-state index contributed by atoms with van der Waals surface area (Å²) in [6.07, 6.45) is 3.38. The van der Waals surface area contributed by atoms with Crippen molar-refractivity contribution in [2.75, 3.05) is 20.2 Å². The molecule has 1 aromatic rings. The molecule has 0 aromatic heterocycles. The first-order chi connectivity index (χ1) is 10.1. The number of ether oxygens (including phenoxy) is 2. The minimum absolute atomic E-state index is 0.00410. The smallest absolute Gasteiger partial charge is 0.331 e. The van der Waals surface area contributed by atoms with E-state index in [1.807, 2.05) is 13.0 Å². The monoisotopic (exact) mass is 291 g/mol. The molecule has 0 N–H and O–H groups in total. The van der Waals surface area contributed by atoms with Crippen molar-refractivity contribution in [2.24, 2.45) is 0 Å². The molecule has 0 bridgehead atoms. The standard InChI is InChI=1S/C16H21NO4/c1-12-7-8-13(14(10-12)20-2)21-16(19)11-17-9-5-3-4-6-15(17)18/h7-8,10H,3-6,9,11H2,1-2H3. The normalized spacial score (nSPS) is 15.5. The van der Waals surface area contributed by atoms with Crippen LogP contribution in [0, 0.1) is 6.92 Å². The number of aryl methyl sites for hydroxylation is 1. The molecule has 2 rings (SSSR count). The highest BCUT2D eigenvalue weighted by Gasteiger charge is 2.20. The molecule has 1 aromatic carbocycles. The zero-order valence-electron chi connectivity index (χ0n) is 12.6. The van der Waals surface area contributed by atoms with E-state index in [1.54, 1.807) is 17.0 Å². The summed E-state index contributed by atoms with van der Waals surface area (Å²) < 4.78 is 10.5. The minimum atomic E-state index is -0.438. The molecule has 1 fully saturated rings. The van der Waals surface area contributed by atoms with Gasteiger partial charge in [0.1, 0.15) is 6.54 Å². The summed E-state index contributed by atoms with van der Waals surface area (Å²) in [4.78, 5) is 25.5. The van der Waals surface area contributed by atoms with Crippen molar-refractivity contribution in [1.29, 1.82) is 0 Å². The first-order valence-corrected chi connectivity index (χ1v) is 7.23. The van der Waals surface area contributed by atoms with Gasteiger partial charge in [-0.3, -0.25) is 4.79 Å². The van der Waals surface area contributed by atoms with E-state index < -0.39 is 5.97 Å². The number of methoxy groups -OCH3 is 1. The number of hydrogen-bond donors (Lipinski definition) is 0. The van der Waals surface area contributed by atoms with Crippen molar-refractivity contribution in [3.8, 4) is 11.5 Å². The second-order valence-corrected chi connectivity index (χ2v) is 5.25. The summed E-state index contributed by atoms with van der Waals surface area (Å²) in [6.45, 7) is 2.55. The molecule has 0 atom stereocenters. The number of hydrogen-bond acceptors (Lipinski definition) is 4. The molecule has 1 saturated heterocycles. The lowest BCUT2D eigenvalue weighted by Gasteiger charge is -2.19. The zero-order valence-corrected chi connectivity index (χ0v) is 12.6. The van der Waals surface area contributed by atoms with Crippen molar-refractivity contribution in [3.05, 3.63) is 23.8 Å². The molecule has 0 aliphatic carbocycles. The second-order valence-electron chi connectivity index (χ2n) is 5.25. The third-order valence-corrected chi connectivity index (χ3v) is 3.53. The van der Waals surface area contributed by atoms with Crippen LogP contribution in [-0.2, 0) is 9.59 Å². The average Bonchev–Trinajstić information content (AvgIpc) is 2.66. The molecule has 0 radical (unpaired) electrons. The van der Waals surface area contributed by atoms with Crippen LogP contribution in [-0.4, -0.2) is 37.0 Å². The topological polar surface area (TPSA) is 55.8 Å². The third-order valence-electron chi connectivity index (χ3n) is 3.53. The van der Waals surface area contributed by atoms with Gasteiger partial charge in [-0.2, -0.15) is 0 Å². The van der Waals surface area contributed by atoms with Gasteiger partial charge < -0.3 is 14.4 Å². The van der Waals surface area contributed by atoms with Gasteiger partial charge in [-0.05, 0) is 37.5 Å². The first-order valence-electron chi connectivity index (χ1n) is 7.23. The molecule has 1 aliphatic heterocycles. The fourth-order valence-electron chi connectivity index (χ4n) is 2.38. The number of nitrogens with zero attached hydrogens (tertiary/aromatic N) is 1. The number of carbonyl (C=O) groups is 2. The van der Waals surface area contributed by atoms with E-state index in [2.05, 4.69) is 0 Å². The summed E-state index contributed by atoms with van der Waals surface area (Å²) in [5.41, 5.74) is 1.02. The predicted molar refractivity (Wildman–Crippen MR) is 78.4 cm³/mol. The van der Waals surface area contributed by atoms with E-state index >= 15 is 0 Å². The lowest BCUT2D eigenvalue weighted by atomic mass is 10.2. The van der Waals surface area contributed by atoms with Crippen LogP contribution in [0.4, 0.5) is 0 Å². The van der Waals surface area contributed by atoms with Crippen LogP contribution in [0.2, 0.25) is 0 Å². The van der Waals surface area contributed by atoms with Gasteiger partial charge in [0.15, 0.2) is 11.5 Å². The Hall–Kier alpha value is -2.04. The van der Waals surface area contributed by atoms with Crippen molar-refractivity contribution < 1.29 is 19.1 Å². The third kappa shape index (κ3) is 4.21. The molecule has 1 amide bonds. The van der Waals surface area contributed by atoms with Gasteiger partial charge in [-0.25, -0.2) is 4.79 Å². The number of amides is 1. The van der Waals surface area contributed by atoms with Crippen LogP contribution >= 0.6 is 0 Å². The quantitative estimate of drug-likeness (QED) is 0.631. The Morgan fingerprint density at radius 3 is 2.81 bits per heavy atom. The van der Waals surface area contributed by atoms with Crippen molar-refractivity contribution in [1.82, 2.24) is 4.90 Å². The van der Waals surface area contributed by atoms with E-state index in [0.717, 1.165) is 24.8 Å². The Bertz CT molecular complexity index is 527. The lowest BCUT2D eigenvalue weighted by Crippen LogP contribution is -2.36. The van der Waals surface area contributed by atoms with Crippen LogP contribution < -0.4 is 9.47 Å². The largest absolute Gasteiger partial charge is 0.493 e. The molecular weight excluding hydrogens is 270 g/mol. The van der Waals surface area contributed by atoms with Gasteiger partial charge in [0.05, 0.1) is 7.11 Å². The summed E-state index contributed by atoms with van der Waals surface area (Å²) in [7, 11) is 1.53. The van der Waals surface area contributed by atoms with Gasteiger partial charge in [-0.1, -0.05) is 12.5 Å². The Balaban J connectivity index is 1.99. The van der Waals surface area contributed by atoms with Crippen molar-refractivity contribution in [2.45, 2.75) is 32.6 Å². The maximum Gasteiger partial charge on any atom is 0.331 e. The summed E-state index contributed by atoms with van der Waals surface area (Å²) in [5.74, 6) is 0.494. The molecule has 114 valence electrons. The molecule has 0 saturated carbocycles. The van der Waals surface area contributed by atoms with Gasteiger partial charge in [0.2, 0.25) is 5.91 Å². The van der Waals surface area contributed by atoms with Crippen LogP contribution in [0.3, 0.4) is 0 Å². The van der Waals surface area contributed by atoms with E-state index in [4.69, 9.17) is 9.47 Å². The van der Waals surface area contributed by atoms with Gasteiger partial charge in [-0.15, -0.1) is 0 Å². The second kappa shape index (κ2) is 7.11. The fraction of sp³-hybridized carbons (Fsp3) is 0.500. The van der Waals surface area contributed by atoms with Gasteiger partial charge in [0, 0.05) is 13.0 Å². The van der Waals surface area contributed by atoms with Crippen LogP contribution in [0.15, 0.2) is 18.2 Å². The molecule has 5 nitrogen and oxygen atoms in total. The predicted octanol–water partition coefficient (Wildman–Crippen LogP) is 2.31. The van der Waals surface area contributed by atoms with E-state index in [0.29, 0.717) is 24.5 Å². The fourth-order valence-corrected chi connectivity index (χ4v) is 2.38. The van der Waals surface area contributed by atoms with Gasteiger partial charge >= 0.3 is 5.97 Å². The van der Waals surface area contributed by atoms with Crippen LogP contribution in [0.1, 0.15) is 31.2 Å². The molecule has 0 spiro atoms. The number of carbonyl (C=O) groups excluding carboxylic acids is 2. The molecule has 0 unspecified atom stereocenters. The number of rotatable bonds is 4. The number of likely N-dealkylation sites (tertiary alicyclic amines) is 1. The van der Waals surface area contributed by atoms with Crippen molar-refractivity contribution in [3.63, 3.8) is 0 Å². The highest BCUT2D eigenvalue weighted by atomic mass is 16.6. The molecular formula is C16H21NO4. The highest BCUT2D eigenvalue weighted by molar-refractivity contribution is 5.83. The number of benzene rings is 1. The highest BCUT2D eigenvalue weighted by Crippen LogP contribution is 2.28. The van der Waals surface area contributed by atoms with Gasteiger partial charge in [0.25, 0.3) is 0 Å². The van der Waals surface area contributed by atoms with Crippen molar-refractivity contribution >= 4 is 11.9 Å². The maximum atomic E-state index is 12.0. The first kappa shape index (κ1) is 15.4. The Morgan fingerprint density at radius 1 is 1.24 bits per heavy atom. The molecule has 1 aliphatic rings. The molecule has 1 heterocycles. The summed E-state index contributed by atoms with van der Waals surface area (Å²) in [5, 5.41) is 0. The molecule has 5 heteroatoms. The molecule has 21 heavy (non-hydrogen) atoms. The SMILES string of the molecule is COc1cc(C)ccc1OC(=O)CN1CCCCCC1=O. The van der Waals surface area contributed by atoms with E-state index in [-0.39, 0.29) is 12.5 Å². The Kier molecular flexibility index (Phi) is 5.20. The number of esters is 1. The lowest BCUT2D eigenvalue weighted by molar-refractivity contribution is -0.142. The maximum absolute atomic E-state index is 12.0. The van der Waals surface area contributed by atoms with Crippen LogP contribution in [0.5, 0.6) is 11.5 Å². The summed E-state index contributed by atoms with van der Waals surface area (Å²) in [6, 6.07) is 5.36. The van der Waals surface area contributed by atoms with E-state index in [9.17, 15) is 9.59 Å².